The number of nitrogens with one attached hydrogen (secondary N) is 2. The number of piperazine rings is 1. The van der Waals surface area contributed by atoms with Crippen molar-refractivity contribution in [1.29, 1.82) is 0 Å². The third kappa shape index (κ3) is 4.97. The maximum atomic E-state index is 13.3. The number of halogens is 1. The van der Waals surface area contributed by atoms with Crippen LogP contribution in [0.25, 0.3) is 0 Å². The van der Waals surface area contributed by atoms with E-state index in [1.165, 1.54) is 18.2 Å². The monoisotopic (exact) mass is 424 g/mol. The molecule has 0 saturated carbocycles. The van der Waals surface area contributed by atoms with Gasteiger partial charge >= 0.3 is 17.8 Å². The van der Waals surface area contributed by atoms with Gasteiger partial charge in [-0.2, -0.15) is 0 Å². The van der Waals surface area contributed by atoms with E-state index >= 15 is 0 Å². The molecule has 0 spiro atoms. The van der Waals surface area contributed by atoms with Crippen molar-refractivity contribution < 1.29 is 18.4 Å². The number of anilines is 4. The molecule has 0 bridgehead atoms. The molecule has 1 fully saturated rings. The van der Waals surface area contributed by atoms with Crippen LogP contribution in [-0.4, -0.2) is 53.1 Å². The Labute approximate surface area is 177 Å². The van der Waals surface area contributed by atoms with Crippen molar-refractivity contribution in [2.75, 3.05) is 41.7 Å². The van der Waals surface area contributed by atoms with Crippen LogP contribution in [0.15, 0.2) is 52.9 Å². The van der Waals surface area contributed by atoms with Crippen LogP contribution in [0.5, 0.6) is 0 Å². The molecule has 0 atom stereocenters. The molecule has 31 heavy (non-hydrogen) atoms. The molecule has 160 valence electrons. The van der Waals surface area contributed by atoms with Gasteiger partial charge in [0.25, 0.3) is 0 Å². The van der Waals surface area contributed by atoms with E-state index in [0.717, 1.165) is 18.8 Å². The van der Waals surface area contributed by atoms with Gasteiger partial charge in [-0.05, 0) is 42.5 Å². The fraction of sp³-hybridized carbons (Fsp3) is 0.238. The zero-order valence-corrected chi connectivity index (χ0v) is 16.8. The summed E-state index contributed by atoms with van der Waals surface area (Å²) in [7, 11) is 0. The van der Waals surface area contributed by atoms with Gasteiger partial charge in [0, 0.05) is 50.2 Å². The molecular formula is C21H21FN6O3. The van der Waals surface area contributed by atoms with Gasteiger partial charge < -0.3 is 24.9 Å². The number of rotatable bonds is 5. The number of carbonyl (C=O) groups excluding carboxylic acids is 2. The molecule has 3 aromatic rings. The van der Waals surface area contributed by atoms with Crippen molar-refractivity contribution in [2.24, 2.45) is 0 Å². The zero-order chi connectivity index (χ0) is 21.8. The van der Waals surface area contributed by atoms with Crippen molar-refractivity contribution in [3.05, 3.63) is 60.2 Å². The average Bonchev–Trinajstić information content (AvgIpc) is 3.23. The van der Waals surface area contributed by atoms with E-state index in [1.807, 2.05) is 17.0 Å². The number of carbonyl (C=O) groups is 2. The topological polar surface area (TPSA) is 104 Å². The number of benzene rings is 2. The van der Waals surface area contributed by atoms with E-state index in [0.29, 0.717) is 24.5 Å². The lowest BCUT2D eigenvalue weighted by Gasteiger charge is -2.35. The first-order chi connectivity index (χ1) is 15.0. The van der Waals surface area contributed by atoms with Crippen LogP contribution in [0.4, 0.5) is 27.5 Å². The molecule has 9 nitrogen and oxygen atoms in total. The van der Waals surface area contributed by atoms with Crippen molar-refractivity contribution in [3.63, 3.8) is 0 Å². The van der Waals surface area contributed by atoms with Gasteiger partial charge in [-0.25, -0.2) is 4.39 Å². The highest BCUT2D eigenvalue weighted by Crippen LogP contribution is 2.21. The highest BCUT2D eigenvalue weighted by Gasteiger charge is 2.19. The first-order valence-electron chi connectivity index (χ1n) is 9.76. The van der Waals surface area contributed by atoms with Crippen LogP contribution in [0.1, 0.15) is 17.6 Å². The molecule has 4 rings (SSSR count). The third-order valence-electron chi connectivity index (χ3n) is 4.91. The van der Waals surface area contributed by atoms with E-state index in [2.05, 4.69) is 25.7 Å². The van der Waals surface area contributed by atoms with Crippen LogP contribution in [0, 0.1) is 5.82 Å². The molecule has 10 heteroatoms. The molecule has 0 radical (unpaired) electrons. The van der Waals surface area contributed by atoms with Crippen LogP contribution in [0.3, 0.4) is 0 Å². The minimum absolute atomic E-state index is 0.0178. The second kappa shape index (κ2) is 8.82. The van der Waals surface area contributed by atoms with Gasteiger partial charge in [-0.15, -0.1) is 5.10 Å². The first-order valence-corrected chi connectivity index (χ1v) is 9.76. The second-order valence-electron chi connectivity index (χ2n) is 7.04. The second-order valence-corrected chi connectivity index (χ2v) is 7.04. The normalized spacial score (nSPS) is 13.7. The summed E-state index contributed by atoms with van der Waals surface area (Å²) in [6.45, 7) is 4.48. The van der Waals surface area contributed by atoms with E-state index in [9.17, 15) is 14.0 Å². The van der Waals surface area contributed by atoms with Crippen LogP contribution in [-0.2, 0) is 4.79 Å². The van der Waals surface area contributed by atoms with Gasteiger partial charge in [0.05, 0.1) is 0 Å². The lowest BCUT2D eigenvalue weighted by Crippen LogP contribution is -2.48. The van der Waals surface area contributed by atoms with E-state index in [-0.39, 0.29) is 17.8 Å². The lowest BCUT2D eigenvalue weighted by molar-refractivity contribution is -0.129. The van der Waals surface area contributed by atoms with Gasteiger partial charge in [-0.1, -0.05) is 11.2 Å². The molecule has 1 aromatic heterocycles. The fourth-order valence-corrected chi connectivity index (χ4v) is 3.27. The third-order valence-corrected chi connectivity index (χ3v) is 4.91. The molecule has 1 aliphatic rings. The maximum absolute atomic E-state index is 13.3. The summed E-state index contributed by atoms with van der Waals surface area (Å²) in [5, 5.41) is 12.9. The Morgan fingerprint density at radius 2 is 1.74 bits per heavy atom. The van der Waals surface area contributed by atoms with E-state index in [1.54, 1.807) is 25.1 Å². The van der Waals surface area contributed by atoms with Gasteiger partial charge in [0.15, 0.2) is 0 Å². The number of hydrogen-bond donors (Lipinski definition) is 2. The summed E-state index contributed by atoms with van der Waals surface area (Å²) in [5.41, 5.74) is 2.02. The summed E-state index contributed by atoms with van der Waals surface area (Å²) < 4.78 is 18.6. The molecule has 2 N–H and O–H groups in total. The Morgan fingerprint density at radius 1 is 1.00 bits per heavy atom. The molecule has 2 aromatic carbocycles. The van der Waals surface area contributed by atoms with Crippen LogP contribution >= 0.6 is 0 Å². The van der Waals surface area contributed by atoms with Crippen molar-refractivity contribution >= 4 is 34.9 Å². The zero-order valence-electron chi connectivity index (χ0n) is 16.8. The van der Waals surface area contributed by atoms with Gasteiger partial charge in [0.2, 0.25) is 5.91 Å². The largest absolute Gasteiger partial charge is 0.399 e. The maximum Gasteiger partial charge on any atom is 0.320 e. The Bertz CT molecular complexity index is 1080. The van der Waals surface area contributed by atoms with Crippen LogP contribution < -0.4 is 15.5 Å². The summed E-state index contributed by atoms with van der Waals surface area (Å²) in [6, 6.07) is 13.1. The molecule has 2 amide bonds. The number of amides is 2. The van der Waals surface area contributed by atoms with Crippen molar-refractivity contribution in [3.8, 4) is 0 Å². The highest BCUT2D eigenvalue weighted by atomic mass is 19.1. The molecular weight excluding hydrogens is 403 g/mol. The number of aromatic nitrogens is 2. The minimum atomic E-state index is -0.553. The summed E-state index contributed by atoms with van der Waals surface area (Å²) in [4.78, 5) is 27.8. The predicted octanol–water partition coefficient (Wildman–Crippen LogP) is 2.87. The quantitative estimate of drug-likeness (QED) is 0.649. The SMILES string of the molecule is CC(=O)N1CCN(c2ccc(NC(=O)c3nnc(Nc4cccc(F)c4)o3)cc2)CC1. The molecule has 0 aliphatic carbocycles. The standard InChI is InChI=1S/C21H21FN6O3/c1-14(29)27-9-11-28(12-10-27)18-7-5-16(6-8-18)23-19(30)20-25-26-21(31-20)24-17-4-2-3-15(22)13-17/h2-8,13H,9-12H2,1H3,(H,23,30)(H,24,26). The average molecular weight is 424 g/mol. The molecule has 1 aliphatic heterocycles. The Balaban J connectivity index is 1.34. The number of hydrogen-bond acceptors (Lipinski definition) is 7. The van der Waals surface area contributed by atoms with Crippen molar-refractivity contribution in [2.45, 2.75) is 6.92 Å². The predicted molar refractivity (Wildman–Crippen MR) is 113 cm³/mol. The van der Waals surface area contributed by atoms with Crippen molar-refractivity contribution in [1.82, 2.24) is 15.1 Å². The first kappa shape index (κ1) is 20.3. The molecule has 2 heterocycles. The highest BCUT2D eigenvalue weighted by molar-refractivity contribution is 6.01. The van der Waals surface area contributed by atoms with Crippen LogP contribution in [0.2, 0.25) is 0 Å². The Morgan fingerprint density at radius 3 is 2.42 bits per heavy atom. The van der Waals surface area contributed by atoms with Gasteiger partial charge in [0.1, 0.15) is 5.82 Å². The number of nitrogens with zero attached hydrogens (tertiary/aromatic N) is 4. The smallest absolute Gasteiger partial charge is 0.320 e. The summed E-state index contributed by atoms with van der Waals surface area (Å²) in [5.74, 6) is -1.09. The molecule has 0 unspecified atom stereocenters. The Kier molecular flexibility index (Phi) is 5.78. The molecule has 1 saturated heterocycles. The fourth-order valence-electron chi connectivity index (χ4n) is 3.27. The van der Waals surface area contributed by atoms with Gasteiger partial charge in [-0.3, -0.25) is 9.59 Å². The minimum Gasteiger partial charge on any atom is -0.399 e. The van der Waals surface area contributed by atoms with E-state index in [4.69, 9.17) is 4.42 Å². The lowest BCUT2D eigenvalue weighted by atomic mass is 10.2. The Hall–Kier alpha value is -3.95. The van der Waals surface area contributed by atoms with E-state index < -0.39 is 11.7 Å². The summed E-state index contributed by atoms with van der Waals surface area (Å²) >= 11 is 0. The summed E-state index contributed by atoms with van der Waals surface area (Å²) in [6.07, 6.45) is 0.